The molecular weight excluding hydrogens is 226 g/mol. The molecular formula is C10H15N3O4. The molecule has 0 aliphatic heterocycles. The van der Waals surface area contributed by atoms with Gasteiger partial charge in [0, 0.05) is 6.42 Å². The number of aliphatic hydroxyl groups is 1. The summed E-state index contributed by atoms with van der Waals surface area (Å²) in [5.74, 6) is 0. The van der Waals surface area contributed by atoms with Gasteiger partial charge in [-0.1, -0.05) is 0 Å². The Hall–Kier alpha value is -1.89. The molecule has 0 bridgehead atoms. The first-order valence-corrected chi connectivity index (χ1v) is 5.04. The second-order valence-corrected chi connectivity index (χ2v) is 4.10. The van der Waals surface area contributed by atoms with Gasteiger partial charge in [-0.3, -0.25) is 5.32 Å². The number of rotatable bonds is 5. The van der Waals surface area contributed by atoms with Crippen LogP contribution in [0.4, 0.5) is 10.5 Å². The molecule has 0 radical (unpaired) electrons. The molecule has 0 unspecified atom stereocenters. The van der Waals surface area contributed by atoms with Crippen molar-refractivity contribution < 1.29 is 19.7 Å². The number of aromatic nitrogens is 2. The zero-order chi connectivity index (χ0) is 12.9. The van der Waals surface area contributed by atoms with E-state index < -0.39 is 11.7 Å². The average Bonchev–Trinajstić information content (AvgIpc) is 2.18. The van der Waals surface area contributed by atoms with Crippen LogP contribution in [0.25, 0.3) is 0 Å². The van der Waals surface area contributed by atoms with Gasteiger partial charge in [0.05, 0.1) is 30.3 Å². The number of hydrogen-bond donors (Lipinski definition) is 3. The van der Waals surface area contributed by atoms with E-state index in [0.717, 1.165) is 0 Å². The van der Waals surface area contributed by atoms with E-state index in [1.54, 1.807) is 13.8 Å². The van der Waals surface area contributed by atoms with Crippen molar-refractivity contribution in [3.05, 3.63) is 12.4 Å². The maximum absolute atomic E-state index is 10.3. The summed E-state index contributed by atoms with van der Waals surface area (Å²) < 4.78 is 5.18. The fraction of sp³-hybridized carbons (Fsp3) is 0.500. The number of nitrogens with zero attached hydrogens (tertiary/aromatic N) is 2. The lowest BCUT2D eigenvalue weighted by atomic mass is 10.1. The highest BCUT2D eigenvalue weighted by molar-refractivity contribution is 5.82. The normalized spacial score (nSPS) is 11.0. The first-order valence-electron chi connectivity index (χ1n) is 5.04. The highest BCUT2D eigenvalue weighted by Crippen LogP contribution is 2.10. The predicted molar refractivity (Wildman–Crippen MR) is 60.1 cm³/mol. The smallest absolute Gasteiger partial charge is 0.409 e. The first kappa shape index (κ1) is 13.2. The molecule has 0 aromatic carbocycles. The quantitative estimate of drug-likeness (QED) is 0.713. The molecule has 3 N–H and O–H groups in total. The summed E-state index contributed by atoms with van der Waals surface area (Å²) in [7, 11) is 0. The zero-order valence-corrected chi connectivity index (χ0v) is 9.67. The highest BCUT2D eigenvalue weighted by atomic mass is 16.5. The lowest BCUT2D eigenvalue weighted by molar-refractivity contribution is 0.0539. The van der Waals surface area contributed by atoms with Gasteiger partial charge in [0.1, 0.15) is 0 Å². The fourth-order valence-electron chi connectivity index (χ4n) is 0.971. The number of amides is 1. The fourth-order valence-corrected chi connectivity index (χ4v) is 0.971. The molecule has 0 saturated carbocycles. The number of nitrogens with one attached hydrogen (secondary N) is 1. The van der Waals surface area contributed by atoms with Gasteiger partial charge < -0.3 is 14.9 Å². The molecule has 0 aliphatic carbocycles. The van der Waals surface area contributed by atoms with Crippen molar-refractivity contribution in [3.63, 3.8) is 0 Å². The molecule has 7 heteroatoms. The number of ether oxygens (including phenoxy) is 1. The predicted octanol–water partition coefficient (Wildman–Crippen LogP) is 1.11. The third-order valence-corrected chi connectivity index (χ3v) is 1.82. The largest absolute Gasteiger partial charge is 0.465 e. The summed E-state index contributed by atoms with van der Waals surface area (Å²) in [6.45, 7) is 3.64. The molecule has 0 fully saturated rings. The van der Waals surface area contributed by atoms with E-state index in [4.69, 9.17) is 9.84 Å². The maximum atomic E-state index is 10.3. The monoisotopic (exact) mass is 241 g/mol. The minimum absolute atomic E-state index is 0.144. The summed E-state index contributed by atoms with van der Waals surface area (Å²) >= 11 is 0. The molecule has 0 atom stereocenters. The van der Waals surface area contributed by atoms with Crippen LogP contribution < -0.4 is 10.1 Å². The Morgan fingerprint density at radius 3 is 2.53 bits per heavy atom. The van der Waals surface area contributed by atoms with Crippen molar-refractivity contribution >= 4 is 11.8 Å². The minimum atomic E-state index is -1.18. The SMILES string of the molecule is CC(C)(O)CCOc1ncc(NC(=O)O)cn1. The van der Waals surface area contributed by atoms with Crippen LogP contribution in [0.15, 0.2) is 12.4 Å². The number of carboxylic acid groups (broad SMARTS) is 1. The van der Waals surface area contributed by atoms with Crippen molar-refractivity contribution in [1.29, 1.82) is 0 Å². The summed E-state index contributed by atoms with van der Waals surface area (Å²) in [6.07, 6.45) is 1.89. The van der Waals surface area contributed by atoms with Gasteiger partial charge in [0.25, 0.3) is 0 Å². The summed E-state index contributed by atoms with van der Waals surface area (Å²) in [5, 5.41) is 20.0. The third kappa shape index (κ3) is 5.67. The third-order valence-electron chi connectivity index (χ3n) is 1.82. The number of hydrogen-bond acceptors (Lipinski definition) is 5. The van der Waals surface area contributed by atoms with E-state index in [2.05, 4.69) is 15.3 Å². The molecule has 94 valence electrons. The Labute approximate surface area is 98.5 Å². The molecule has 0 aliphatic rings. The van der Waals surface area contributed by atoms with Crippen LogP contribution in [0.3, 0.4) is 0 Å². The van der Waals surface area contributed by atoms with E-state index in [1.165, 1.54) is 12.4 Å². The maximum Gasteiger partial charge on any atom is 0.409 e. The second-order valence-electron chi connectivity index (χ2n) is 4.10. The Morgan fingerprint density at radius 1 is 1.47 bits per heavy atom. The number of anilines is 1. The van der Waals surface area contributed by atoms with E-state index >= 15 is 0 Å². The van der Waals surface area contributed by atoms with E-state index in [9.17, 15) is 9.90 Å². The van der Waals surface area contributed by atoms with Crippen molar-refractivity contribution in [3.8, 4) is 6.01 Å². The molecule has 1 rings (SSSR count). The summed E-state index contributed by atoms with van der Waals surface area (Å²) in [5.41, 5.74) is -0.530. The Balaban J connectivity index is 2.43. The average molecular weight is 241 g/mol. The van der Waals surface area contributed by atoms with Gasteiger partial charge >= 0.3 is 12.1 Å². The van der Waals surface area contributed by atoms with Gasteiger partial charge in [-0.2, -0.15) is 0 Å². The van der Waals surface area contributed by atoms with Gasteiger partial charge in [-0.15, -0.1) is 0 Å². The van der Waals surface area contributed by atoms with Crippen molar-refractivity contribution in [2.45, 2.75) is 25.9 Å². The van der Waals surface area contributed by atoms with Crippen LogP contribution in [0.2, 0.25) is 0 Å². The topological polar surface area (TPSA) is 105 Å². The Bertz CT molecular complexity index is 372. The van der Waals surface area contributed by atoms with Gasteiger partial charge in [-0.25, -0.2) is 14.8 Å². The molecule has 1 amide bonds. The van der Waals surface area contributed by atoms with E-state index in [0.29, 0.717) is 6.42 Å². The van der Waals surface area contributed by atoms with E-state index in [-0.39, 0.29) is 18.3 Å². The van der Waals surface area contributed by atoms with Crippen molar-refractivity contribution in [2.24, 2.45) is 0 Å². The lowest BCUT2D eigenvalue weighted by Gasteiger charge is -2.16. The molecule has 17 heavy (non-hydrogen) atoms. The Morgan fingerprint density at radius 2 is 2.06 bits per heavy atom. The molecule has 7 nitrogen and oxygen atoms in total. The van der Waals surface area contributed by atoms with Crippen LogP contribution in [-0.4, -0.2) is 38.5 Å². The minimum Gasteiger partial charge on any atom is -0.465 e. The lowest BCUT2D eigenvalue weighted by Crippen LogP contribution is -2.22. The first-order chi connectivity index (χ1) is 7.87. The van der Waals surface area contributed by atoms with Crippen LogP contribution in [-0.2, 0) is 0 Å². The molecule has 1 aromatic rings. The van der Waals surface area contributed by atoms with Gasteiger partial charge in [-0.05, 0) is 13.8 Å². The highest BCUT2D eigenvalue weighted by Gasteiger charge is 2.12. The zero-order valence-electron chi connectivity index (χ0n) is 9.67. The molecule has 0 spiro atoms. The van der Waals surface area contributed by atoms with Crippen LogP contribution in [0.1, 0.15) is 20.3 Å². The van der Waals surface area contributed by atoms with Crippen LogP contribution in [0.5, 0.6) is 6.01 Å². The molecule has 1 heterocycles. The number of carbonyl (C=O) groups is 1. The standard InChI is InChI=1S/C10H15N3O4/c1-10(2,16)3-4-17-8-11-5-7(6-12-8)13-9(14)15/h5-6,13,16H,3-4H2,1-2H3,(H,14,15). The molecule has 0 saturated heterocycles. The van der Waals surface area contributed by atoms with Gasteiger partial charge in [0.15, 0.2) is 0 Å². The summed E-state index contributed by atoms with van der Waals surface area (Å²) in [6, 6.07) is 0.144. The second kappa shape index (κ2) is 5.44. The van der Waals surface area contributed by atoms with Gasteiger partial charge in [0.2, 0.25) is 0 Å². The van der Waals surface area contributed by atoms with Crippen LogP contribution in [0, 0.1) is 0 Å². The van der Waals surface area contributed by atoms with E-state index in [1.807, 2.05) is 0 Å². The van der Waals surface area contributed by atoms with Crippen LogP contribution >= 0.6 is 0 Å². The summed E-state index contributed by atoms with van der Waals surface area (Å²) in [4.78, 5) is 17.9. The Kier molecular flexibility index (Phi) is 4.22. The van der Waals surface area contributed by atoms with Crippen molar-refractivity contribution in [1.82, 2.24) is 9.97 Å². The molecule has 1 aromatic heterocycles. The van der Waals surface area contributed by atoms with Crippen molar-refractivity contribution in [2.75, 3.05) is 11.9 Å².